The van der Waals surface area contributed by atoms with Crippen molar-refractivity contribution < 1.29 is 9.59 Å². The summed E-state index contributed by atoms with van der Waals surface area (Å²) in [5.41, 5.74) is 1.11. The molecule has 0 spiro atoms. The van der Waals surface area contributed by atoms with Gasteiger partial charge in [-0.05, 0) is 33.1 Å². The van der Waals surface area contributed by atoms with Crippen LogP contribution in [0.5, 0.6) is 0 Å². The monoisotopic (exact) mass is 359 g/mol. The van der Waals surface area contributed by atoms with Crippen LogP contribution < -0.4 is 5.32 Å². The number of nitrogens with one attached hydrogen (secondary N) is 1. The second kappa shape index (κ2) is 7.69. The van der Waals surface area contributed by atoms with Gasteiger partial charge in [-0.3, -0.25) is 14.6 Å². The Labute approximate surface area is 150 Å². The van der Waals surface area contributed by atoms with Gasteiger partial charge >= 0.3 is 0 Å². The molecule has 2 aromatic heterocycles. The van der Waals surface area contributed by atoms with E-state index in [9.17, 15) is 9.59 Å². The SMILES string of the molecule is Cc1nc(C)c(C(=O)N2CCC[C@@H](NC(=O)c3cnccn3)CC2)s1. The van der Waals surface area contributed by atoms with Gasteiger partial charge in [0, 0.05) is 31.5 Å². The summed E-state index contributed by atoms with van der Waals surface area (Å²) in [4.78, 5) is 39.8. The molecule has 3 rings (SSSR count). The summed E-state index contributed by atoms with van der Waals surface area (Å²) in [6, 6.07) is 0.0385. The van der Waals surface area contributed by atoms with E-state index in [1.165, 1.54) is 29.9 Å². The molecule has 1 fully saturated rings. The van der Waals surface area contributed by atoms with Crippen molar-refractivity contribution >= 4 is 23.2 Å². The fourth-order valence-corrected chi connectivity index (χ4v) is 3.88. The molecule has 132 valence electrons. The number of hydrogen-bond acceptors (Lipinski definition) is 6. The Morgan fingerprint density at radius 3 is 2.76 bits per heavy atom. The van der Waals surface area contributed by atoms with Gasteiger partial charge < -0.3 is 10.2 Å². The molecule has 25 heavy (non-hydrogen) atoms. The standard InChI is InChI=1S/C17H21N5O2S/c1-11-15(25-12(2)20-11)17(24)22-8-3-4-13(5-9-22)21-16(23)14-10-18-6-7-19-14/h6-7,10,13H,3-5,8-9H2,1-2H3,(H,21,23)/t13-/m1/s1. The molecule has 1 saturated heterocycles. The Balaban J connectivity index is 1.60. The molecule has 0 radical (unpaired) electrons. The summed E-state index contributed by atoms with van der Waals surface area (Å²) in [6.07, 6.45) is 6.92. The molecular formula is C17H21N5O2S. The van der Waals surface area contributed by atoms with E-state index in [0.717, 1.165) is 34.8 Å². The van der Waals surface area contributed by atoms with Gasteiger partial charge in [0.15, 0.2) is 0 Å². The summed E-state index contributed by atoms with van der Waals surface area (Å²) in [7, 11) is 0. The number of nitrogens with zero attached hydrogens (tertiary/aromatic N) is 4. The van der Waals surface area contributed by atoms with Gasteiger partial charge in [0.1, 0.15) is 10.6 Å². The predicted octanol–water partition coefficient (Wildman–Crippen LogP) is 1.97. The zero-order valence-electron chi connectivity index (χ0n) is 14.4. The molecule has 7 nitrogen and oxygen atoms in total. The molecule has 8 heteroatoms. The van der Waals surface area contributed by atoms with Crippen molar-refractivity contribution in [3.63, 3.8) is 0 Å². The first kappa shape index (κ1) is 17.5. The minimum absolute atomic E-state index is 0.0385. The average molecular weight is 359 g/mol. The summed E-state index contributed by atoms with van der Waals surface area (Å²) in [5, 5.41) is 3.91. The molecule has 0 bridgehead atoms. The topological polar surface area (TPSA) is 88.1 Å². The van der Waals surface area contributed by atoms with Gasteiger partial charge in [0.2, 0.25) is 0 Å². The highest BCUT2D eigenvalue weighted by Crippen LogP contribution is 2.21. The first-order chi connectivity index (χ1) is 12.0. The van der Waals surface area contributed by atoms with E-state index in [2.05, 4.69) is 20.3 Å². The van der Waals surface area contributed by atoms with Gasteiger partial charge in [0.05, 0.1) is 16.9 Å². The van der Waals surface area contributed by atoms with E-state index in [1.54, 1.807) is 0 Å². The average Bonchev–Trinajstić information content (AvgIpc) is 2.81. The van der Waals surface area contributed by atoms with Crippen molar-refractivity contribution in [2.24, 2.45) is 0 Å². The largest absolute Gasteiger partial charge is 0.348 e. The van der Waals surface area contributed by atoms with Crippen molar-refractivity contribution in [3.05, 3.63) is 39.9 Å². The van der Waals surface area contributed by atoms with Crippen molar-refractivity contribution in [3.8, 4) is 0 Å². The van der Waals surface area contributed by atoms with E-state index in [4.69, 9.17) is 0 Å². The number of thiazole rings is 1. The minimum Gasteiger partial charge on any atom is -0.348 e. The Morgan fingerprint density at radius 1 is 1.24 bits per heavy atom. The minimum atomic E-state index is -0.216. The summed E-state index contributed by atoms with van der Waals surface area (Å²) in [5.74, 6) is -0.171. The van der Waals surface area contributed by atoms with Gasteiger partial charge in [-0.25, -0.2) is 9.97 Å². The number of aryl methyl sites for hydroxylation is 2. The van der Waals surface area contributed by atoms with Crippen molar-refractivity contribution in [2.75, 3.05) is 13.1 Å². The highest BCUT2D eigenvalue weighted by molar-refractivity contribution is 7.13. The maximum atomic E-state index is 12.7. The third-order valence-electron chi connectivity index (χ3n) is 4.24. The summed E-state index contributed by atoms with van der Waals surface area (Å²) in [6.45, 7) is 5.11. The van der Waals surface area contributed by atoms with Crippen molar-refractivity contribution in [1.82, 2.24) is 25.2 Å². The number of amides is 2. The smallest absolute Gasteiger partial charge is 0.271 e. The molecule has 0 aromatic carbocycles. The third kappa shape index (κ3) is 4.19. The van der Waals surface area contributed by atoms with Crippen LogP contribution in [0.15, 0.2) is 18.6 Å². The second-order valence-corrected chi connectivity index (χ2v) is 7.33. The van der Waals surface area contributed by atoms with Gasteiger partial charge in [-0.1, -0.05) is 0 Å². The Bertz CT molecular complexity index is 762. The Hall–Kier alpha value is -2.35. The second-order valence-electron chi connectivity index (χ2n) is 6.13. The van der Waals surface area contributed by atoms with Gasteiger partial charge in [0.25, 0.3) is 11.8 Å². The first-order valence-corrected chi connectivity index (χ1v) is 9.16. The Morgan fingerprint density at radius 2 is 2.08 bits per heavy atom. The van der Waals surface area contributed by atoms with Crippen LogP contribution in [-0.2, 0) is 0 Å². The fourth-order valence-electron chi connectivity index (χ4n) is 2.99. The van der Waals surface area contributed by atoms with Crippen LogP contribution in [0.2, 0.25) is 0 Å². The predicted molar refractivity (Wildman–Crippen MR) is 94.6 cm³/mol. The first-order valence-electron chi connectivity index (χ1n) is 8.35. The lowest BCUT2D eigenvalue weighted by molar-refractivity contribution is 0.0764. The molecule has 3 heterocycles. The van der Waals surface area contributed by atoms with Crippen molar-refractivity contribution in [2.45, 2.75) is 39.2 Å². The number of carbonyl (C=O) groups excluding carboxylic acids is 2. The maximum Gasteiger partial charge on any atom is 0.271 e. The molecule has 1 aliphatic heterocycles. The number of rotatable bonds is 3. The third-order valence-corrected chi connectivity index (χ3v) is 5.30. The van der Waals surface area contributed by atoms with Crippen LogP contribution in [0, 0.1) is 13.8 Å². The lowest BCUT2D eigenvalue weighted by atomic mass is 10.1. The normalized spacial score (nSPS) is 17.8. The lowest BCUT2D eigenvalue weighted by Crippen LogP contribution is -2.37. The number of likely N-dealkylation sites (tertiary alicyclic amines) is 1. The van der Waals surface area contributed by atoms with E-state index in [-0.39, 0.29) is 17.9 Å². The zero-order valence-corrected chi connectivity index (χ0v) is 15.2. The molecule has 2 aromatic rings. The molecule has 1 atom stereocenters. The number of carbonyl (C=O) groups is 2. The molecule has 2 amide bonds. The van der Waals surface area contributed by atoms with Crippen LogP contribution in [0.1, 0.15) is 50.1 Å². The summed E-state index contributed by atoms with van der Waals surface area (Å²) < 4.78 is 0. The van der Waals surface area contributed by atoms with Crippen LogP contribution in [0.25, 0.3) is 0 Å². The van der Waals surface area contributed by atoms with Crippen molar-refractivity contribution in [1.29, 1.82) is 0 Å². The quantitative estimate of drug-likeness (QED) is 0.905. The molecule has 0 saturated carbocycles. The van der Waals surface area contributed by atoms with E-state index in [1.807, 2.05) is 18.7 Å². The van der Waals surface area contributed by atoms with Crippen LogP contribution in [-0.4, -0.2) is 50.8 Å². The summed E-state index contributed by atoms with van der Waals surface area (Å²) >= 11 is 1.44. The maximum absolute atomic E-state index is 12.7. The highest BCUT2D eigenvalue weighted by atomic mass is 32.1. The molecule has 0 aliphatic carbocycles. The van der Waals surface area contributed by atoms with Crippen LogP contribution in [0.4, 0.5) is 0 Å². The van der Waals surface area contributed by atoms with E-state index in [0.29, 0.717) is 18.8 Å². The van der Waals surface area contributed by atoms with E-state index >= 15 is 0 Å². The number of aromatic nitrogens is 3. The number of hydrogen-bond donors (Lipinski definition) is 1. The fraction of sp³-hybridized carbons (Fsp3) is 0.471. The van der Waals surface area contributed by atoms with Gasteiger partial charge in [-0.2, -0.15) is 0 Å². The van der Waals surface area contributed by atoms with Gasteiger partial charge in [-0.15, -0.1) is 11.3 Å². The Kier molecular flexibility index (Phi) is 5.37. The zero-order chi connectivity index (χ0) is 17.8. The van der Waals surface area contributed by atoms with Crippen LogP contribution in [0.3, 0.4) is 0 Å². The molecule has 1 aliphatic rings. The van der Waals surface area contributed by atoms with Crippen LogP contribution >= 0.6 is 11.3 Å². The van der Waals surface area contributed by atoms with E-state index < -0.39 is 0 Å². The molecule has 1 N–H and O–H groups in total. The molecular weight excluding hydrogens is 338 g/mol. The molecule has 0 unspecified atom stereocenters. The lowest BCUT2D eigenvalue weighted by Gasteiger charge is -2.20. The highest BCUT2D eigenvalue weighted by Gasteiger charge is 2.25.